The predicted octanol–water partition coefficient (Wildman–Crippen LogP) is 5.99. The summed E-state index contributed by atoms with van der Waals surface area (Å²) in [7, 11) is 1.62. The van der Waals surface area contributed by atoms with Crippen LogP contribution in [0.3, 0.4) is 0 Å². The Morgan fingerprint density at radius 3 is 2.41 bits per heavy atom. The van der Waals surface area contributed by atoms with Crippen molar-refractivity contribution in [3.63, 3.8) is 0 Å². The number of fused-ring (bicyclic) bond motifs is 1. The summed E-state index contributed by atoms with van der Waals surface area (Å²) in [6.45, 7) is 6.09. The molecule has 0 spiro atoms. The van der Waals surface area contributed by atoms with Gasteiger partial charge in [-0.05, 0) is 38.5 Å². The van der Waals surface area contributed by atoms with Crippen molar-refractivity contribution < 1.29 is 9.26 Å². The highest BCUT2D eigenvalue weighted by Crippen LogP contribution is 2.36. The molecule has 1 atom stereocenters. The lowest BCUT2D eigenvalue weighted by Gasteiger charge is -2.16. The molecule has 32 heavy (non-hydrogen) atoms. The van der Waals surface area contributed by atoms with E-state index in [2.05, 4.69) is 58.2 Å². The van der Waals surface area contributed by atoms with Gasteiger partial charge in [-0.1, -0.05) is 35.5 Å². The van der Waals surface area contributed by atoms with Gasteiger partial charge < -0.3 is 13.8 Å². The minimum Gasteiger partial charge on any atom is -0.481 e. The number of hydrogen-bond donors (Lipinski definition) is 0. The van der Waals surface area contributed by atoms with Crippen molar-refractivity contribution in [2.45, 2.75) is 26.8 Å². The van der Waals surface area contributed by atoms with Crippen LogP contribution in [-0.4, -0.2) is 26.8 Å². The summed E-state index contributed by atoms with van der Waals surface area (Å²) < 4.78 is 12.9. The lowest BCUT2D eigenvalue weighted by Crippen LogP contribution is -2.05. The van der Waals surface area contributed by atoms with Crippen molar-refractivity contribution in [2.24, 2.45) is 0 Å². The number of pyridine rings is 2. The van der Waals surface area contributed by atoms with Crippen molar-refractivity contribution in [1.29, 1.82) is 0 Å². The Balaban J connectivity index is 1.73. The molecule has 0 saturated carbocycles. The average molecular weight is 425 g/mol. The molecule has 0 N–H and O–H groups in total. The Kier molecular flexibility index (Phi) is 4.98. The van der Waals surface area contributed by atoms with E-state index >= 15 is 0 Å². The van der Waals surface area contributed by atoms with Gasteiger partial charge in [0, 0.05) is 46.9 Å². The van der Waals surface area contributed by atoms with Crippen LogP contribution in [0.4, 0.5) is 0 Å². The fraction of sp³-hybridized carbons (Fsp3) is 0.192. The number of nitrogens with zero attached hydrogens (tertiary/aromatic N) is 4. The fourth-order valence-electron chi connectivity index (χ4n) is 4.24. The van der Waals surface area contributed by atoms with Crippen LogP contribution in [0.25, 0.3) is 33.3 Å². The van der Waals surface area contributed by atoms with E-state index in [0.717, 1.165) is 44.7 Å². The van der Waals surface area contributed by atoms with E-state index < -0.39 is 0 Å². The molecule has 4 aromatic heterocycles. The van der Waals surface area contributed by atoms with Gasteiger partial charge in [0.1, 0.15) is 5.76 Å². The molecule has 0 aliphatic heterocycles. The first-order chi connectivity index (χ1) is 15.6. The number of aryl methyl sites for hydroxylation is 2. The number of benzene rings is 1. The molecule has 4 heterocycles. The van der Waals surface area contributed by atoms with E-state index in [1.807, 2.05) is 44.4 Å². The third-order valence-corrected chi connectivity index (χ3v) is 5.95. The van der Waals surface area contributed by atoms with Gasteiger partial charge in [-0.15, -0.1) is 0 Å². The summed E-state index contributed by atoms with van der Waals surface area (Å²) >= 11 is 0. The molecule has 1 aromatic carbocycles. The third kappa shape index (κ3) is 3.34. The normalized spacial score (nSPS) is 12.2. The smallest absolute Gasteiger partial charge is 0.212 e. The van der Waals surface area contributed by atoms with E-state index in [-0.39, 0.29) is 6.04 Å². The van der Waals surface area contributed by atoms with E-state index in [9.17, 15) is 0 Å². The predicted molar refractivity (Wildman–Crippen MR) is 125 cm³/mol. The molecule has 1 unspecified atom stereocenters. The topological polar surface area (TPSA) is 66.0 Å². The second-order valence-electron chi connectivity index (χ2n) is 7.92. The summed E-state index contributed by atoms with van der Waals surface area (Å²) in [5.41, 5.74) is 8.07. The molecule has 0 amide bonds. The number of rotatable bonds is 5. The van der Waals surface area contributed by atoms with Gasteiger partial charge in [-0.2, -0.15) is 0 Å². The molecule has 6 heteroatoms. The number of hydrogen-bond acceptors (Lipinski definition) is 5. The van der Waals surface area contributed by atoms with Crippen LogP contribution in [0.1, 0.15) is 30.0 Å². The van der Waals surface area contributed by atoms with Crippen molar-refractivity contribution in [1.82, 2.24) is 19.7 Å². The van der Waals surface area contributed by atoms with Crippen LogP contribution in [0.2, 0.25) is 0 Å². The van der Waals surface area contributed by atoms with Gasteiger partial charge in [-0.3, -0.25) is 4.98 Å². The Morgan fingerprint density at radius 2 is 1.75 bits per heavy atom. The van der Waals surface area contributed by atoms with Crippen LogP contribution >= 0.6 is 0 Å². The number of methoxy groups -OCH3 is 1. The zero-order chi connectivity index (χ0) is 22.2. The highest BCUT2D eigenvalue weighted by molar-refractivity contribution is 5.95. The minimum atomic E-state index is 0.125. The van der Waals surface area contributed by atoms with E-state index in [0.29, 0.717) is 5.88 Å². The lowest BCUT2D eigenvalue weighted by atomic mass is 10.0. The Labute approximate surface area is 186 Å². The lowest BCUT2D eigenvalue weighted by molar-refractivity contribution is 0.393. The standard InChI is InChI=1S/C26H24N4O2/c1-16-25(18(3)32-29-16)21-12-23-26(28-14-21)22(20-10-11-24(31-4)27-13-20)15-30(23)17(2)19-8-6-5-7-9-19/h5-15,17H,1-4H3. The first-order valence-corrected chi connectivity index (χ1v) is 10.6. The van der Waals surface area contributed by atoms with Crippen LogP contribution in [0, 0.1) is 13.8 Å². The monoisotopic (exact) mass is 424 g/mol. The summed E-state index contributed by atoms with van der Waals surface area (Å²) in [5, 5.41) is 4.12. The molecular formula is C26H24N4O2. The Hall–Kier alpha value is -3.93. The Bertz CT molecular complexity index is 1370. The first kappa shape index (κ1) is 20.0. The minimum absolute atomic E-state index is 0.125. The van der Waals surface area contributed by atoms with E-state index in [1.165, 1.54) is 5.56 Å². The molecule has 160 valence electrons. The molecule has 0 saturated heterocycles. The van der Waals surface area contributed by atoms with Gasteiger partial charge >= 0.3 is 0 Å². The van der Waals surface area contributed by atoms with Crippen molar-refractivity contribution in [3.05, 3.63) is 84.1 Å². The SMILES string of the molecule is COc1ccc(-c2cn(C(C)c3ccccc3)c3cc(-c4c(C)noc4C)cnc23)cn1. The highest BCUT2D eigenvalue weighted by Gasteiger charge is 2.19. The van der Waals surface area contributed by atoms with Gasteiger partial charge in [0.05, 0.1) is 29.9 Å². The molecular weight excluding hydrogens is 400 g/mol. The van der Waals surface area contributed by atoms with Gasteiger partial charge in [-0.25, -0.2) is 4.98 Å². The van der Waals surface area contributed by atoms with Crippen LogP contribution in [0.5, 0.6) is 5.88 Å². The van der Waals surface area contributed by atoms with Gasteiger partial charge in [0.2, 0.25) is 5.88 Å². The van der Waals surface area contributed by atoms with Gasteiger partial charge in [0.25, 0.3) is 0 Å². The number of ether oxygens (including phenoxy) is 1. The van der Waals surface area contributed by atoms with Crippen LogP contribution in [-0.2, 0) is 0 Å². The third-order valence-electron chi connectivity index (χ3n) is 5.95. The molecule has 0 fully saturated rings. The molecule has 0 aliphatic carbocycles. The highest BCUT2D eigenvalue weighted by atomic mass is 16.5. The second kappa shape index (κ2) is 7.96. The summed E-state index contributed by atoms with van der Waals surface area (Å²) in [4.78, 5) is 9.28. The second-order valence-corrected chi connectivity index (χ2v) is 7.92. The largest absolute Gasteiger partial charge is 0.481 e. The first-order valence-electron chi connectivity index (χ1n) is 10.6. The average Bonchev–Trinajstić information content (AvgIpc) is 3.38. The summed E-state index contributed by atoms with van der Waals surface area (Å²) in [6.07, 6.45) is 5.89. The molecule has 6 nitrogen and oxygen atoms in total. The van der Waals surface area contributed by atoms with Crippen molar-refractivity contribution in [2.75, 3.05) is 7.11 Å². The zero-order valence-corrected chi connectivity index (χ0v) is 18.5. The van der Waals surface area contributed by atoms with Crippen molar-refractivity contribution in [3.8, 4) is 28.1 Å². The molecule has 5 aromatic rings. The maximum atomic E-state index is 5.40. The molecule has 5 rings (SSSR count). The van der Waals surface area contributed by atoms with Crippen molar-refractivity contribution >= 4 is 11.0 Å². The zero-order valence-electron chi connectivity index (χ0n) is 18.5. The quantitative estimate of drug-likeness (QED) is 0.347. The fourth-order valence-corrected chi connectivity index (χ4v) is 4.24. The summed E-state index contributed by atoms with van der Waals surface area (Å²) in [6, 6.07) is 16.7. The molecule has 0 bridgehead atoms. The van der Waals surface area contributed by atoms with Gasteiger partial charge in [0.15, 0.2) is 0 Å². The Morgan fingerprint density at radius 1 is 0.969 bits per heavy atom. The maximum absolute atomic E-state index is 5.40. The van der Waals surface area contributed by atoms with E-state index in [4.69, 9.17) is 14.2 Å². The van der Waals surface area contributed by atoms with Crippen LogP contribution in [0.15, 0.2) is 71.6 Å². The molecule has 0 radical (unpaired) electrons. The summed E-state index contributed by atoms with van der Waals surface area (Å²) in [5.74, 6) is 1.38. The molecule has 0 aliphatic rings. The maximum Gasteiger partial charge on any atom is 0.212 e. The number of aromatic nitrogens is 4. The van der Waals surface area contributed by atoms with Crippen LogP contribution < -0.4 is 4.74 Å². The van der Waals surface area contributed by atoms with E-state index in [1.54, 1.807) is 7.11 Å².